The van der Waals surface area contributed by atoms with Crippen molar-refractivity contribution in [3.63, 3.8) is 0 Å². The van der Waals surface area contributed by atoms with E-state index >= 15 is 0 Å². The highest BCUT2D eigenvalue weighted by Crippen LogP contribution is 2.33. The minimum atomic E-state index is 0.350. The van der Waals surface area contributed by atoms with Crippen LogP contribution in [0.15, 0.2) is 0 Å². The van der Waals surface area contributed by atoms with Crippen LogP contribution in [-0.2, 0) is 0 Å². The van der Waals surface area contributed by atoms with Crippen molar-refractivity contribution in [3.8, 4) is 11.5 Å². The number of hydrogen-bond donors (Lipinski definition) is 1. The monoisotopic (exact) mass is 221 g/mol. The summed E-state index contributed by atoms with van der Waals surface area (Å²) in [5.74, 6) is 0.350. The lowest BCUT2D eigenvalue weighted by Gasteiger charge is -1.85. The van der Waals surface area contributed by atoms with Crippen LogP contribution in [0.2, 0.25) is 9.36 Å². The summed E-state index contributed by atoms with van der Waals surface area (Å²) < 4.78 is 4.38. The molecule has 0 fully saturated rings. The molecule has 0 aliphatic heterocycles. The molecule has 2 aromatic heterocycles. The fraction of sp³-hybridized carbons (Fsp3) is 0. The Morgan fingerprint density at radius 1 is 1.33 bits per heavy atom. The largest absolute Gasteiger partial charge is 0.225 e. The van der Waals surface area contributed by atoms with E-state index in [1.807, 2.05) is 0 Å². The topological polar surface area (TPSA) is 67.3 Å². The highest BCUT2D eigenvalue weighted by molar-refractivity contribution is 7.11. The van der Waals surface area contributed by atoms with Gasteiger partial charge < -0.3 is 0 Å². The summed E-state index contributed by atoms with van der Waals surface area (Å²) in [5.41, 5.74) is 0.459. The zero-order valence-electron chi connectivity index (χ0n) is 5.45. The fourth-order valence-electron chi connectivity index (χ4n) is 0.660. The van der Waals surface area contributed by atoms with E-state index in [4.69, 9.17) is 23.2 Å². The average molecular weight is 222 g/mol. The summed E-state index contributed by atoms with van der Waals surface area (Å²) in [6.07, 6.45) is 0. The molecular formula is C4HCl2N5S. The predicted molar refractivity (Wildman–Crippen MR) is 45.3 cm³/mol. The van der Waals surface area contributed by atoms with Crippen molar-refractivity contribution in [2.75, 3.05) is 0 Å². The molecule has 0 saturated heterocycles. The Kier molecular flexibility index (Phi) is 1.95. The van der Waals surface area contributed by atoms with Crippen LogP contribution < -0.4 is 0 Å². The van der Waals surface area contributed by atoms with Gasteiger partial charge in [-0.25, -0.2) is 0 Å². The SMILES string of the molecule is Clc1snc(-c2nn[nH]n2)c1Cl. The normalized spacial score (nSPS) is 10.5. The molecule has 0 atom stereocenters. The van der Waals surface area contributed by atoms with Crippen LogP contribution in [0.3, 0.4) is 0 Å². The molecule has 0 aliphatic carbocycles. The van der Waals surface area contributed by atoms with Gasteiger partial charge in [-0.15, -0.1) is 10.2 Å². The number of nitrogens with one attached hydrogen (secondary N) is 1. The predicted octanol–water partition coefficient (Wildman–Crippen LogP) is 1.63. The third-order valence-corrected chi connectivity index (χ3v) is 2.77. The average Bonchev–Trinajstić information content (AvgIpc) is 2.64. The van der Waals surface area contributed by atoms with Crippen molar-refractivity contribution in [1.29, 1.82) is 0 Å². The van der Waals surface area contributed by atoms with E-state index in [0.717, 1.165) is 11.5 Å². The van der Waals surface area contributed by atoms with Gasteiger partial charge >= 0.3 is 0 Å². The standard InChI is InChI=1S/C4HCl2N5S/c5-1-2(9-12-3(1)6)4-7-10-11-8-4/h(H,7,8,10,11). The molecule has 5 nitrogen and oxygen atoms in total. The Labute approximate surface area is 80.9 Å². The molecule has 2 rings (SSSR count). The van der Waals surface area contributed by atoms with E-state index in [0.29, 0.717) is 20.9 Å². The Morgan fingerprint density at radius 2 is 2.17 bits per heavy atom. The first-order chi connectivity index (χ1) is 5.79. The molecule has 1 N–H and O–H groups in total. The van der Waals surface area contributed by atoms with Gasteiger partial charge in [-0.2, -0.15) is 9.59 Å². The van der Waals surface area contributed by atoms with Gasteiger partial charge in [-0.3, -0.25) is 0 Å². The van der Waals surface area contributed by atoms with Gasteiger partial charge in [0.05, 0.1) is 0 Å². The summed E-state index contributed by atoms with van der Waals surface area (Å²) >= 11 is 12.6. The van der Waals surface area contributed by atoms with E-state index < -0.39 is 0 Å². The molecule has 0 aliphatic rings. The van der Waals surface area contributed by atoms with Gasteiger partial charge in [0.2, 0.25) is 5.82 Å². The lowest BCUT2D eigenvalue weighted by atomic mass is 10.4. The first kappa shape index (κ1) is 7.90. The molecular weight excluding hydrogens is 221 g/mol. The maximum Gasteiger partial charge on any atom is 0.225 e. The molecule has 0 amide bonds. The molecule has 0 bridgehead atoms. The Bertz CT molecular complexity index is 382. The van der Waals surface area contributed by atoms with Crippen LogP contribution in [-0.4, -0.2) is 25.0 Å². The minimum absolute atomic E-state index is 0.350. The molecule has 62 valence electrons. The van der Waals surface area contributed by atoms with E-state index in [9.17, 15) is 0 Å². The Balaban J connectivity index is 2.55. The lowest BCUT2D eigenvalue weighted by Crippen LogP contribution is -1.80. The van der Waals surface area contributed by atoms with E-state index in [2.05, 4.69) is 25.0 Å². The minimum Gasteiger partial charge on any atom is -0.186 e. The van der Waals surface area contributed by atoms with Gasteiger partial charge in [-0.1, -0.05) is 23.2 Å². The molecule has 0 unspecified atom stereocenters. The second-order valence-electron chi connectivity index (χ2n) is 1.85. The van der Waals surface area contributed by atoms with Gasteiger partial charge in [-0.05, 0) is 16.7 Å². The summed E-state index contributed by atoms with van der Waals surface area (Å²) in [5, 5.41) is 13.5. The molecule has 0 aromatic carbocycles. The molecule has 0 saturated carbocycles. The quantitative estimate of drug-likeness (QED) is 0.796. The highest BCUT2D eigenvalue weighted by Gasteiger charge is 2.14. The molecule has 12 heavy (non-hydrogen) atoms. The van der Waals surface area contributed by atoms with Gasteiger partial charge in [0.25, 0.3) is 0 Å². The molecule has 0 spiro atoms. The summed E-state index contributed by atoms with van der Waals surface area (Å²) in [6, 6.07) is 0. The molecule has 8 heteroatoms. The third-order valence-electron chi connectivity index (χ3n) is 1.15. The zero-order valence-corrected chi connectivity index (χ0v) is 7.78. The maximum absolute atomic E-state index is 5.79. The van der Waals surface area contributed by atoms with Gasteiger partial charge in [0, 0.05) is 0 Å². The van der Waals surface area contributed by atoms with E-state index in [1.54, 1.807) is 0 Å². The number of aromatic amines is 1. The van der Waals surface area contributed by atoms with Crippen molar-refractivity contribution in [3.05, 3.63) is 9.36 Å². The van der Waals surface area contributed by atoms with Gasteiger partial charge in [0.1, 0.15) is 15.1 Å². The first-order valence-electron chi connectivity index (χ1n) is 2.83. The van der Waals surface area contributed by atoms with Crippen LogP contribution >= 0.6 is 34.7 Å². The number of hydrogen-bond acceptors (Lipinski definition) is 5. The number of rotatable bonds is 1. The highest BCUT2D eigenvalue weighted by atomic mass is 35.5. The number of tetrazole rings is 1. The van der Waals surface area contributed by atoms with Crippen LogP contribution in [0.5, 0.6) is 0 Å². The van der Waals surface area contributed by atoms with Crippen molar-refractivity contribution >= 4 is 34.7 Å². The van der Waals surface area contributed by atoms with Crippen molar-refractivity contribution in [2.45, 2.75) is 0 Å². The number of halogens is 2. The fourth-order valence-corrected chi connectivity index (χ4v) is 1.65. The number of aromatic nitrogens is 5. The third kappa shape index (κ3) is 1.17. The smallest absolute Gasteiger partial charge is 0.186 e. The zero-order chi connectivity index (χ0) is 8.55. The number of H-pyrrole nitrogens is 1. The van der Waals surface area contributed by atoms with Crippen LogP contribution in [0, 0.1) is 0 Å². The molecule has 0 radical (unpaired) electrons. The van der Waals surface area contributed by atoms with Crippen molar-refractivity contribution in [1.82, 2.24) is 25.0 Å². The number of nitrogens with zero attached hydrogens (tertiary/aromatic N) is 4. The second kappa shape index (κ2) is 2.96. The Morgan fingerprint density at radius 3 is 2.67 bits per heavy atom. The summed E-state index contributed by atoms with van der Waals surface area (Å²) in [7, 11) is 0. The lowest BCUT2D eigenvalue weighted by molar-refractivity contribution is 0.881. The van der Waals surface area contributed by atoms with E-state index in [-0.39, 0.29) is 0 Å². The van der Waals surface area contributed by atoms with Crippen LogP contribution in [0.1, 0.15) is 0 Å². The maximum atomic E-state index is 5.79. The molecule has 2 heterocycles. The van der Waals surface area contributed by atoms with Crippen molar-refractivity contribution < 1.29 is 0 Å². The summed E-state index contributed by atoms with van der Waals surface area (Å²) in [6.45, 7) is 0. The van der Waals surface area contributed by atoms with Gasteiger partial charge in [0.15, 0.2) is 0 Å². The van der Waals surface area contributed by atoms with Crippen LogP contribution in [0.25, 0.3) is 11.5 Å². The first-order valence-corrected chi connectivity index (χ1v) is 4.36. The van der Waals surface area contributed by atoms with E-state index in [1.165, 1.54) is 0 Å². The Hall–Kier alpha value is -0.720. The second-order valence-corrected chi connectivity index (χ2v) is 3.61. The van der Waals surface area contributed by atoms with Crippen LogP contribution in [0.4, 0.5) is 0 Å². The molecule has 2 aromatic rings. The summed E-state index contributed by atoms with van der Waals surface area (Å²) in [4.78, 5) is 0. The van der Waals surface area contributed by atoms with Crippen molar-refractivity contribution in [2.24, 2.45) is 0 Å².